The second kappa shape index (κ2) is 34.1. The number of carbonyl (C=O) groups excluding carboxylic acids is 10. The number of hydrogen-bond acceptors (Lipinski definition) is 21. The number of nitrogens with zero attached hydrogens (tertiary/aromatic N) is 7. The molecule has 10 amide bonds. The van der Waals surface area contributed by atoms with Crippen molar-refractivity contribution in [2.24, 2.45) is 23.5 Å². The largest absolute Gasteiger partial charge is 0.462 e. The molecular formula is C62H94N12O18S. The molecule has 31 heteroatoms. The summed E-state index contributed by atoms with van der Waals surface area (Å²) in [6.45, 7) is 13.0. The van der Waals surface area contributed by atoms with Gasteiger partial charge >= 0.3 is 12.0 Å². The van der Waals surface area contributed by atoms with Crippen LogP contribution in [0.25, 0.3) is 0 Å². The summed E-state index contributed by atoms with van der Waals surface area (Å²) in [6.07, 6.45) is -6.54. The number of amides is 10. The molecule has 3 fully saturated rings. The molecule has 15 atom stereocenters. The average Bonchev–Trinajstić information content (AvgIpc) is 1.82. The van der Waals surface area contributed by atoms with Crippen molar-refractivity contribution in [3.63, 3.8) is 0 Å². The van der Waals surface area contributed by atoms with Crippen LogP contribution in [0.1, 0.15) is 114 Å². The van der Waals surface area contributed by atoms with E-state index >= 15 is 4.79 Å². The lowest BCUT2D eigenvalue weighted by atomic mass is 9.93. The van der Waals surface area contributed by atoms with Crippen LogP contribution in [0.3, 0.4) is 0 Å². The number of likely N-dealkylation sites (N-methyl/N-ethyl adjacent to an activating group) is 3. The number of urea groups is 1. The molecule has 0 aliphatic carbocycles. The summed E-state index contributed by atoms with van der Waals surface area (Å²) >= 11 is 1.00. The van der Waals surface area contributed by atoms with Gasteiger partial charge in [-0.1, -0.05) is 60.1 Å². The van der Waals surface area contributed by atoms with E-state index in [1.807, 2.05) is 39.6 Å². The Balaban J connectivity index is 1.24. The number of aromatic nitrogens is 1. The van der Waals surface area contributed by atoms with Crippen molar-refractivity contribution in [1.29, 1.82) is 0 Å². The number of hydrogen-bond donors (Lipinski definition) is 10. The van der Waals surface area contributed by atoms with Crippen molar-refractivity contribution in [1.82, 2.24) is 55.7 Å². The summed E-state index contributed by atoms with van der Waals surface area (Å²) in [4.78, 5) is 150. The molecule has 1 aromatic carbocycles. The van der Waals surface area contributed by atoms with E-state index in [9.17, 15) is 68.7 Å². The van der Waals surface area contributed by atoms with Gasteiger partial charge in [-0.2, -0.15) is 0 Å². The monoisotopic (exact) mass is 1330 g/mol. The first-order valence-electron chi connectivity index (χ1n) is 31.6. The number of thiazole rings is 1. The van der Waals surface area contributed by atoms with E-state index in [0.29, 0.717) is 24.9 Å². The molecule has 8 unspecified atom stereocenters. The molecular weight excluding hydrogens is 1230 g/mol. The van der Waals surface area contributed by atoms with Crippen LogP contribution in [-0.2, 0) is 54.3 Å². The van der Waals surface area contributed by atoms with Gasteiger partial charge in [0, 0.05) is 104 Å². The van der Waals surface area contributed by atoms with Crippen molar-refractivity contribution < 1.29 is 87.7 Å². The molecule has 0 bridgehead atoms. The van der Waals surface area contributed by atoms with Gasteiger partial charge in [0.2, 0.25) is 47.6 Å². The van der Waals surface area contributed by atoms with E-state index in [2.05, 4.69) is 26.3 Å². The quantitative estimate of drug-likeness (QED) is 0.0228. The number of primary amides is 1. The van der Waals surface area contributed by atoms with Crippen molar-refractivity contribution in [3.05, 3.63) is 58.1 Å². The maximum absolute atomic E-state index is 15.1. The second-order valence-corrected chi connectivity index (χ2v) is 25.8. The minimum Gasteiger partial charge on any atom is -0.462 e. The Morgan fingerprint density at radius 2 is 1.51 bits per heavy atom. The SMILES string of the molecule is CC[C@H](C)[C@H](NC(=O)C1CN1C)C(=O)N(C)[C@H](C[C@@H](OC(C)=O)c1nc(C(=O)N(C)[C@@H](Cc2ccc(OC3OC(CO)C(O)C(O)C3O)cc2)C(=O)N[C@@H](CCCNC(N)=O)C(=O)N[C@H](C(=O)N2CCN(C(=O)CCCN3C(=O)C=CC3O)CC2)C(C)C)cs1)C(C)C. The van der Waals surface area contributed by atoms with E-state index in [1.54, 1.807) is 30.7 Å². The summed E-state index contributed by atoms with van der Waals surface area (Å²) in [5.41, 5.74) is 5.62. The Morgan fingerprint density at radius 1 is 0.849 bits per heavy atom. The maximum Gasteiger partial charge on any atom is 0.312 e. The lowest BCUT2D eigenvalue weighted by Crippen LogP contribution is -2.60. The molecule has 4 aliphatic rings. The molecule has 2 aromatic rings. The molecule has 516 valence electrons. The van der Waals surface area contributed by atoms with Crippen LogP contribution in [0.4, 0.5) is 4.79 Å². The Labute approximate surface area is 545 Å². The van der Waals surface area contributed by atoms with Crippen molar-refractivity contribution >= 4 is 70.6 Å². The van der Waals surface area contributed by atoms with Gasteiger partial charge in [-0.15, -0.1) is 11.3 Å². The van der Waals surface area contributed by atoms with Crippen LogP contribution >= 0.6 is 11.3 Å². The van der Waals surface area contributed by atoms with E-state index in [1.165, 1.54) is 65.6 Å². The Bertz CT molecular complexity index is 2960. The van der Waals surface area contributed by atoms with Crippen LogP contribution in [-0.4, -0.2) is 266 Å². The molecule has 4 aliphatic heterocycles. The Kier molecular flexibility index (Phi) is 27.4. The Morgan fingerprint density at radius 3 is 2.08 bits per heavy atom. The highest BCUT2D eigenvalue weighted by atomic mass is 32.1. The van der Waals surface area contributed by atoms with E-state index in [-0.39, 0.29) is 129 Å². The first-order valence-corrected chi connectivity index (χ1v) is 32.4. The smallest absolute Gasteiger partial charge is 0.312 e. The third-order valence-electron chi connectivity index (χ3n) is 17.5. The highest BCUT2D eigenvalue weighted by Gasteiger charge is 2.46. The molecule has 0 radical (unpaired) electrons. The molecule has 30 nitrogen and oxygen atoms in total. The lowest BCUT2D eigenvalue weighted by Gasteiger charge is -2.39. The average molecular weight is 1330 g/mol. The van der Waals surface area contributed by atoms with Crippen LogP contribution in [0.2, 0.25) is 0 Å². The van der Waals surface area contributed by atoms with Gasteiger partial charge in [0.1, 0.15) is 77.3 Å². The van der Waals surface area contributed by atoms with E-state index < -0.39 is 121 Å². The predicted octanol–water partition coefficient (Wildman–Crippen LogP) is -1.43. The summed E-state index contributed by atoms with van der Waals surface area (Å²) in [5.74, 6) is -5.48. The normalized spacial score (nSPS) is 23.4. The third kappa shape index (κ3) is 20.1. The van der Waals surface area contributed by atoms with Gasteiger partial charge in [0.15, 0.2) is 6.10 Å². The lowest BCUT2D eigenvalue weighted by molar-refractivity contribution is -0.277. The van der Waals surface area contributed by atoms with Crippen LogP contribution in [0.5, 0.6) is 5.75 Å². The number of carbonyl (C=O) groups is 10. The molecule has 1 aromatic heterocycles. The number of nitrogens with two attached hydrogens (primary N) is 1. The number of aliphatic hydroxyl groups is 5. The molecule has 3 saturated heterocycles. The van der Waals surface area contributed by atoms with E-state index in [0.717, 1.165) is 16.2 Å². The zero-order valence-electron chi connectivity index (χ0n) is 54.5. The summed E-state index contributed by atoms with van der Waals surface area (Å²) in [5, 5.41) is 63.8. The zero-order chi connectivity index (χ0) is 68.7. The van der Waals surface area contributed by atoms with Gasteiger partial charge < -0.3 is 91.2 Å². The fourth-order valence-electron chi connectivity index (χ4n) is 11.3. The van der Waals surface area contributed by atoms with Gasteiger partial charge in [-0.05, 0) is 67.8 Å². The number of esters is 1. The number of ether oxygens (including phenoxy) is 3. The number of piperazine rings is 1. The Hall–Kier alpha value is -7.39. The molecule has 5 heterocycles. The molecule has 11 N–H and O–H groups in total. The number of aliphatic hydroxyl groups excluding tert-OH is 5. The van der Waals surface area contributed by atoms with Crippen molar-refractivity contribution in [3.8, 4) is 5.75 Å². The predicted molar refractivity (Wildman–Crippen MR) is 336 cm³/mol. The summed E-state index contributed by atoms with van der Waals surface area (Å²) in [6, 6.07) is -0.579. The first-order chi connectivity index (χ1) is 44.0. The number of nitrogens with one attached hydrogen (secondary N) is 4. The van der Waals surface area contributed by atoms with Crippen LogP contribution in [0, 0.1) is 17.8 Å². The maximum atomic E-state index is 15.1. The third-order valence-corrected chi connectivity index (χ3v) is 18.4. The van der Waals surface area contributed by atoms with Crippen LogP contribution < -0.4 is 31.7 Å². The van der Waals surface area contributed by atoms with Crippen molar-refractivity contribution in [2.75, 3.05) is 73.6 Å². The van der Waals surface area contributed by atoms with Gasteiger partial charge in [0.05, 0.1) is 6.61 Å². The van der Waals surface area contributed by atoms with Crippen LogP contribution in [0.15, 0.2) is 41.8 Å². The standard InChI is InChI=1S/C62H94N12O18S/c1-11-35(6)50(68-56(85)43-30-69(43)8)59(87)70(9)41(33(2)3)29-44(90-36(7)76)57-66-40(32-93-57)58(86)71(10)42(28-37-16-18-38(19-17-37)91-61-53(82)52(81)51(80)45(31-75)92-61)55(84)65-39(14-12-22-64-62(63)89)54(83)67-49(34(4)5)60(88)73-26-24-72(25-27-73)46(77)15-13-23-74-47(78)20-21-48(74)79/h16-21,32-35,39,41-45,47,49-53,61,75,78,80-82H,11-15,22-31H2,1-10H3,(H,65,84)(H,67,83)(H,68,85)(H3,63,64,89)/t35-,39-,41+,42-,43?,44+,45?,47?,49-,50-,51?,52?,53?,61?,69?/m0/s1. The van der Waals surface area contributed by atoms with Gasteiger partial charge in [-0.3, -0.25) is 48.1 Å². The number of rotatable bonds is 32. The van der Waals surface area contributed by atoms with Gasteiger partial charge in [0.25, 0.3) is 5.91 Å². The second-order valence-electron chi connectivity index (χ2n) is 24.9. The fraction of sp³-hybridized carbons (Fsp3) is 0.661. The van der Waals surface area contributed by atoms with Crippen molar-refractivity contribution in [2.45, 2.75) is 173 Å². The molecule has 0 saturated carbocycles. The van der Waals surface area contributed by atoms with Gasteiger partial charge in [-0.25, -0.2) is 9.78 Å². The highest BCUT2D eigenvalue weighted by Crippen LogP contribution is 2.32. The summed E-state index contributed by atoms with van der Waals surface area (Å²) in [7, 11) is 4.79. The topological polar surface area (TPSA) is 406 Å². The number of benzene rings is 1. The molecule has 0 spiro atoms. The first kappa shape index (κ1) is 74.6. The highest BCUT2D eigenvalue weighted by molar-refractivity contribution is 7.09. The summed E-state index contributed by atoms with van der Waals surface area (Å²) < 4.78 is 17.2. The van der Waals surface area contributed by atoms with E-state index in [4.69, 9.17) is 19.9 Å². The minimum absolute atomic E-state index is 0.0143. The zero-order valence-corrected chi connectivity index (χ0v) is 55.4. The fourth-order valence-corrected chi connectivity index (χ4v) is 12.1. The molecule has 93 heavy (non-hydrogen) atoms. The minimum atomic E-state index is -1.72. The molecule has 6 rings (SSSR count).